The Morgan fingerprint density at radius 1 is 1.39 bits per heavy atom. The summed E-state index contributed by atoms with van der Waals surface area (Å²) < 4.78 is 22.4. The van der Waals surface area contributed by atoms with E-state index in [1.165, 1.54) is 18.2 Å². The fourth-order valence-electron chi connectivity index (χ4n) is 1.17. The van der Waals surface area contributed by atoms with Crippen LogP contribution in [0.25, 0.3) is 0 Å². The highest BCUT2D eigenvalue weighted by atomic mass is 31.2. The van der Waals surface area contributed by atoms with E-state index in [4.69, 9.17) is 9.05 Å². The predicted molar refractivity (Wildman–Crippen MR) is 70.1 cm³/mol. The van der Waals surface area contributed by atoms with Crippen LogP contribution < -0.4 is 0 Å². The smallest absolute Gasteiger partial charge is 0.309 e. The minimum Gasteiger partial charge on any atom is -0.309 e. The van der Waals surface area contributed by atoms with Crippen LogP contribution in [0.4, 0.5) is 0 Å². The van der Waals surface area contributed by atoms with Gasteiger partial charge in [-0.25, -0.2) is 0 Å². The third kappa shape index (κ3) is 7.17. The zero-order valence-electron chi connectivity index (χ0n) is 10.6. The van der Waals surface area contributed by atoms with Gasteiger partial charge in [0.15, 0.2) is 0 Å². The maximum Gasteiger partial charge on any atom is 0.335 e. The molecule has 0 saturated carbocycles. The number of hydrogen-bond donors (Lipinski definition) is 0. The van der Waals surface area contributed by atoms with E-state index in [0.717, 1.165) is 6.20 Å². The summed E-state index contributed by atoms with van der Waals surface area (Å²) in [6.07, 6.45) is 5.00. The predicted octanol–water partition coefficient (Wildman–Crippen LogP) is 3.16. The second-order valence-electron chi connectivity index (χ2n) is 3.18. The molecule has 7 heteroatoms. The molecule has 0 aliphatic carbocycles. The molecule has 0 aliphatic heterocycles. The normalized spacial score (nSPS) is 12.9. The monoisotopic (exact) mass is 275 g/mol. The third-order valence-corrected chi connectivity index (χ3v) is 3.86. The summed E-state index contributed by atoms with van der Waals surface area (Å²) in [7, 11) is -3.20. The number of rotatable bonds is 9. The average molecular weight is 275 g/mol. The second kappa shape index (κ2) is 8.80. The molecule has 0 saturated heterocycles. The van der Waals surface area contributed by atoms with E-state index in [1.807, 2.05) is 0 Å². The zero-order chi connectivity index (χ0) is 14.0. The molecule has 0 fully saturated rings. The Morgan fingerprint density at radius 3 is 2.33 bits per heavy atom. The van der Waals surface area contributed by atoms with Gasteiger partial charge in [-0.2, -0.15) is 0 Å². The lowest BCUT2D eigenvalue weighted by Crippen LogP contribution is -2.01. The molecule has 0 aliphatic rings. The van der Waals surface area contributed by atoms with Crippen LogP contribution in [0.2, 0.25) is 0 Å². The van der Waals surface area contributed by atoms with E-state index >= 15 is 0 Å². The fraction of sp³-hybridized carbons (Fsp3) is 0.455. The van der Waals surface area contributed by atoms with Crippen molar-refractivity contribution in [2.24, 2.45) is 0 Å². The molecule has 0 heterocycles. The van der Waals surface area contributed by atoms with Crippen LogP contribution in [0, 0.1) is 10.1 Å². The quantitative estimate of drug-likeness (QED) is 0.279. The van der Waals surface area contributed by atoms with Crippen LogP contribution in [0.1, 0.15) is 13.8 Å². The Kier molecular flexibility index (Phi) is 8.20. The first-order chi connectivity index (χ1) is 8.47. The van der Waals surface area contributed by atoms with E-state index in [0.29, 0.717) is 5.57 Å². The molecule has 102 valence electrons. The van der Waals surface area contributed by atoms with Gasteiger partial charge in [0, 0.05) is 6.08 Å². The van der Waals surface area contributed by atoms with Gasteiger partial charge in [0.1, 0.15) is 0 Å². The minimum absolute atomic E-state index is 0.0419. The standard InChI is InChI=1S/C11H18NO5P/c1-4-11(8-7-9-12(13)14)10-18(15,16-5-2)17-6-3/h4,7-9H,1,5-6,10H2,2-3H3/b9-7+,11-8+. The van der Waals surface area contributed by atoms with Crippen LogP contribution >= 0.6 is 7.60 Å². The van der Waals surface area contributed by atoms with E-state index in [1.54, 1.807) is 13.8 Å². The van der Waals surface area contributed by atoms with Crippen LogP contribution in [0.3, 0.4) is 0 Å². The summed E-state index contributed by atoms with van der Waals surface area (Å²) in [4.78, 5) is 9.54. The van der Waals surface area contributed by atoms with E-state index in [9.17, 15) is 14.7 Å². The highest BCUT2D eigenvalue weighted by Gasteiger charge is 2.24. The van der Waals surface area contributed by atoms with Gasteiger partial charge in [0.2, 0.25) is 6.20 Å². The molecular formula is C11H18NO5P. The molecule has 18 heavy (non-hydrogen) atoms. The molecule has 0 radical (unpaired) electrons. The second-order valence-corrected chi connectivity index (χ2v) is 5.23. The molecule has 0 spiro atoms. The zero-order valence-corrected chi connectivity index (χ0v) is 11.5. The Bertz CT molecular complexity index is 379. The molecule has 6 nitrogen and oxygen atoms in total. The lowest BCUT2D eigenvalue weighted by Gasteiger charge is -2.17. The largest absolute Gasteiger partial charge is 0.335 e. The van der Waals surface area contributed by atoms with Gasteiger partial charge < -0.3 is 9.05 Å². The van der Waals surface area contributed by atoms with Gasteiger partial charge in [0.25, 0.3) is 0 Å². The highest BCUT2D eigenvalue weighted by Crippen LogP contribution is 2.49. The van der Waals surface area contributed by atoms with Crippen LogP contribution in [0.5, 0.6) is 0 Å². The maximum absolute atomic E-state index is 12.2. The van der Waals surface area contributed by atoms with Crippen molar-refractivity contribution < 1.29 is 18.5 Å². The molecule has 0 aromatic rings. The lowest BCUT2D eigenvalue weighted by molar-refractivity contribution is -0.402. The number of allylic oxidation sites excluding steroid dienone is 4. The molecule has 0 unspecified atom stereocenters. The van der Waals surface area contributed by atoms with Crippen molar-refractivity contribution >= 4 is 7.60 Å². The molecule has 0 rings (SSSR count). The van der Waals surface area contributed by atoms with Gasteiger partial charge >= 0.3 is 7.60 Å². The Hall–Kier alpha value is -1.23. The molecule has 0 atom stereocenters. The molecule has 0 aromatic carbocycles. The Balaban J connectivity index is 4.81. The first-order valence-corrected chi connectivity index (χ1v) is 7.21. The summed E-state index contributed by atoms with van der Waals surface area (Å²) in [6.45, 7) is 7.54. The van der Waals surface area contributed by atoms with Crippen molar-refractivity contribution in [3.63, 3.8) is 0 Å². The summed E-state index contributed by atoms with van der Waals surface area (Å²) in [5.74, 6) is 0. The number of hydrogen-bond acceptors (Lipinski definition) is 5. The SMILES string of the molecule is C=C/C(=C\C=C\[N+](=O)[O-])CP(=O)(OCC)OCC. The van der Waals surface area contributed by atoms with Crippen molar-refractivity contribution in [1.29, 1.82) is 0 Å². The lowest BCUT2D eigenvalue weighted by atomic mass is 10.3. The molecule has 0 aromatic heterocycles. The first kappa shape index (κ1) is 16.8. The Labute approximate surface area is 107 Å². The van der Waals surface area contributed by atoms with Gasteiger partial charge in [-0.05, 0) is 19.4 Å². The third-order valence-electron chi connectivity index (χ3n) is 1.81. The summed E-state index contributed by atoms with van der Waals surface area (Å²) >= 11 is 0. The molecular weight excluding hydrogens is 257 g/mol. The number of nitro groups is 1. The van der Waals surface area contributed by atoms with Gasteiger partial charge in [-0.3, -0.25) is 14.7 Å². The van der Waals surface area contributed by atoms with Gasteiger partial charge in [-0.15, -0.1) is 0 Å². The number of nitrogens with zero attached hydrogens (tertiary/aromatic N) is 1. The fourth-order valence-corrected chi connectivity index (χ4v) is 2.89. The summed E-state index contributed by atoms with van der Waals surface area (Å²) in [6, 6.07) is 0. The Morgan fingerprint density at radius 2 is 1.94 bits per heavy atom. The summed E-state index contributed by atoms with van der Waals surface area (Å²) in [5, 5.41) is 10.1. The van der Waals surface area contributed by atoms with Crippen molar-refractivity contribution in [2.75, 3.05) is 19.4 Å². The van der Waals surface area contributed by atoms with Gasteiger partial charge in [0.05, 0.1) is 24.3 Å². The summed E-state index contributed by atoms with van der Waals surface area (Å²) in [5.41, 5.74) is 0.554. The van der Waals surface area contributed by atoms with Crippen molar-refractivity contribution in [2.45, 2.75) is 13.8 Å². The first-order valence-electron chi connectivity index (χ1n) is 5.48. The van der Waals surface area contributed by atoms with E-state index in [2.05, 4.69) is 6.58 Å². The maximum atomic E-state index is 12.2. The van der Waals surface area contributed by atoms with Crippen LogP contribution in [-0.4, -0.2) is 24.3 Å². The molecule has 0 N–H and O–H groups in total. The average Bonchev–Trinajstić information content (AvgIpc) is 2.27. The molecule has 0 bridgehead atoms. The van der Waals surface area contributed by atoms with Gasteiger partial charge in [-0.1, -0.05) is 18.7 Å². The van der Waals surface area contributed by atoms with E-state index < -0.39 is 12.5 Å². The van der Waals surface area contributed by atoms with Crippen molar-refractivity contribution in [3.05, 3.63) is 46.7 Å². The van der Waals surface area contributed by atoms with Crippen LogP contribution in [0.15, 0.2) is 36.6 Å². The van der Waals surface area contributed by atoms with Crippen molar-refractivity contribution in [3.8, 4) is 0 Å². The minimum atomic E-state index is -3.20. The van der Waals surface area contributed by atoms with Crippen LogP contribution in [-0.2, 0) is 13.6 Å². The highest BCUT2D eigenvalue weighted by molar-refractivity contribution is 7.54. The van der Waals surface area contributed by atoms with Crippen molar-refractivity contribution in [1.82, 2.24) is 0 Å². The molecule has 0 amide bonds. The topological polar surface area (TPSA) is 78.7 Å². The van der Waals surface area contributed by atoms with E-state index in [-0.39, 0.29) is 19.4 Å².